The molecule has 164 valence electrons. The summed E-state index contributed by atoms with van der Waals surface area (Å²) in [4.78, 5) is 15.0. The minimum absolute atomic E-state index is 0.0170. The van der Waals surface area contributed by atoms with E-state index in [1.807, 2.05) is 0 Å². The Morgan fingerprint density at radius 3 is 2.33 bits per heavy atom. The lowest BCUT2D eigenvalue weighted by molar-refractivity contribution is -0.143. The normalized spacial score (nSPS) is 15.6. The Morgan fingerprint density at radius 1 is 1.20 bits per heavy atom. The van der Waals surface area contributed by atoms with Crippen molar-refractivity contribution in [2.75, 3.05) is 20.3 Å². The van der Waals surface area contributed by atoms with E-state index in [1.54, 1.807) is 20.9 Å². The summed E-state index contributed by atoms with van der Waals surface area (Å²) < 4.78 is 61.4. The zero-order valence-corrected chi connectivity index (χ0v) is 17.3. The molecule has 0 unspecified atom stereocenters. The van der Waals surface area contributed by atoms with Crippen LogP contribution in [0.25, 0.3) is 11.1 Å². The molecule has 1 aliphatic heterocycles. The fourth-order valence-corrected chi connectivity index (χ4v) is 3.82. The van der Waals surface area contributed by atoms with Crippen LogP contribution in [-0.4, -0.2) is 41.7 Å². The van der Waals surface area contributed by atoms with Gasteiger partial charge in [0.05, 0.1) is 0 Å². The van der Waals surface area contributed by atoms with Crippen LogP contribution in [0.4, 0.5) is 17.6 Å². The molecule has 4 nitrogen and oxygen atoms in total. The maximum atomic E-state index is 13.9. The smallest absolute Gasteiger partial charge is 0.381 e. The first-order chi connectivity index (χ1) is 14.1. The van der Waals surface area contributed by atoms with Crippen LogP contribution in [0, 0.1) is 11.7 Å². The maximum Gasteiger partial charge on any atom is 0.431 e. The zero-order chi connectivity index (χ0) is 22.1. The molecule has 8 heteroatoms. The third kappa shape index (κ3) is 4.69. The second-order valence-electron chi connectivity index (χ2n) is 8.06. The van der Waals surface area contributed by atoms with Crippen LogP contribution in [0.5, 0.6) is 0 Å². The summed E-state index contributed by atoms with van der Waals surface area (Å²) in [5.74, 6) is -1.08. The number of amides is 1. The number of aromatic nitrogens is 1. The zero-order valence-electron chi connectivity index (χ0n) is 17.3. The number of halogens is 4. The third-order valence-corrected chi connectivity index (χ3v) is 5.35. The summed E-state index contributed by atoms with van der Waals surface area (Å²) in [6.45, 7) is 4.66. The minimum Gasteiger partial charge on any atom is -0.381 e. The van der Waals surface area contributed by atoms with E-state index in [9.17, 15) is 22.4 Å². The minimum atomic E-state index is -4.63. The molecule has 2 aromatic rings. The van der Waals surface area contributed by atoms with E-state index in [0.29, 0.717) is 31.6 Å². The predicted octanol–water partition coefficient (Wildman–Crippen LogP) is 5.22. The molecule has 0 N–H and O–H groups in total. The lowest BCUT2D eigenvalue weighted by Crippen LogP contribution is -2.41. The summed E-state index contributed by atoms with van der Waals surface area (Å²) in [5.41, 5.74) is -0.365. The van der Waals surface area contributed by atoms with E-state index in [-0.39, 0.29) is 29.8 Å². The molecule has 1 amide bonds. The van der Waals surface area contributed by atoms with Crippen molar-refractivity contribution in [2.24, 2.45) is 5.92 Å². The highest BCUT2D eigenvalue weighted by Crippen LogP contribution is 2.38. The Bertz CT molecular complexity index is 882. The molecule has 2 heterocycles. The van der Waals surface area contributed by atoms with Gasteiger partial charge < -0.3 is 14.2 Å². The molecule has 0 spiro atoms. The molecule has 1 fully saturated rings. The van der Waals surface area contributed by atoms with E-state index < -0.39 is 23.6 Å². The molecule has 1 aromatic carbocycles. The van der Waals surface area contributed by atoms with Crippen LogP contribution < -0.4 is 0 Å². The molecular formula is C22H26F4N2O2. The molecule has 0 radical (unpaired) electrons. The van der Waals surface area contributed by atoms with E-state index >= 15 is 0 Å². The third-order valence-electron chi connectivity index (χ3n) is 5.35. The Balaban J connectivity index is 2.16. The summed E-state index contributed by atoms with van der Waals surface area (Å²) in [5, 5.41) is 0. The monoisotopic (exact) mass is 426 g/mol. The number of alkyl halides is 3. The van der Waals surface area contributed by atoms with Crippen molar-refractivity contribution >= 4 is 5.91 Å². The van der Waals surface area contributed by atoms with Crippen LogP contribution in [0.2, 0.25) is 0 Å². The van der Waals surface area contributed by atoms with Gasteiger partial charge in [-0.15, -0.1) is 0 Å². The molecule has 0 bridgehead atoms. The fraction of sp³-hybridized carbons (Fsp3) is 0.500. The van der Waals surface area contributed by atoms with Gasteiger partial charge in [-0.05, 0) is 42.5 Å². The van der Waals surface area contributed by atoms with Crippen molar-refractivity contribution in [3.8, 4) is 11.1 Å². The van der Waals surface area contributed by atoms with Gasteiger partial charge in [-0.2, -0.15) is 13.2 Å². The lowest BCUT2D eigenvalue weighted by Gasteiger charge is -2.32. The molecule has 0 saturated carbocycles. The number of benzene rings is 1. The second kappa shape index (κ2) is 8.79. The standard InChI is InChI=1S/C22H26F4N2O2/c1-14(2)13-28-19(22(24,25)26)12-18(15-4-6-16(23)7-5-15)20(28)21(29)27(3)17-8-10-30-11-9-17/h4-7,12,14,17H,8-11,13H2,1-3H3. The first kappa shape index (κ1) is 22.3. The number of carbonyl (C=O) groups excluding carboxylic acids is 1. The number of rotatable bonds is 5. The molecular weight excluding hydrogens is 400 g/mol. The van der Waals surface area contributed by atoms with Crippen molar-refractivity contribution in [2.45, 2.75) is 45.5 Å². The summed E-state index contributed by atoms with van der Waals surface area (Å²) in [6, 6.07) is 6.05. The van der Waals surface area contributed by atoms with Crippen LogP contribution >= 0.6 is 0 Å². The van der Waals surface area contributed by atoms with Gasteiger partial charge in [0.2, 0.25) is 0 Å². The van der Waals surface area contributed by atoms with Gasteiger partial charge in [-0.25, -0.2) is 4.39 Å². The van der Waals surface area contributed by atoms with Crippen molar-refractivity contribution in [3.63, 3.8) is 0 Å². The van der Waals surface area contributed by atoms with Gasteiger partial charge in [0.25, 0.3) is 5.91 Å². The Morgan fingerprint density at radius 2 is 1.80 bits per heavy atom. The van der Waals surface area contributed by atoms with E-state index in [1.165, 1.54) is 29.2 Å². The number of nitrogens with zero attached hydrogens (tertiary/aromatic N) is 2. The SMILES string of the molecule is CC(C)Cn1c(C(F)(F)F)cc(-c2ccc(F)cc2)c1C(=O)N(C)C1CCOCC1. The second-order valence-corrected chi connectivity index (χ2v) is 8.06. The molecule has 1 aromatic heterocycles. The quantitative estimate of drug-likeness (QED) is 0.615. The van der Waals surface area contributed by atoms with Gasteiger partial charge in [0.1, 0.15) is 17.2 Å². The molecule has 30 heavy (non-hydrogen) atoms. The first-order valence-electron chi connectivity index (χ1n) is 10.0. The molecule has 1 saturated heterocycles. The number of ether oxygens (including phenoxy) is 1. The number of hydrogen-bond donors (Lipinski definition) is 0. The number of hydrogen-bond acceptors (Lipinski definition) is 2. The van der Waals surface area contributed by atoms with Crippen LogP contribution in [0.1, 0.15) is 42.9 Å². The van der Waals surface area contributed by atoms with Crippen LogP contribution in [0.3, 0.4) is 0 Å². The number of carbonyl (C=O) groups is 1. The molecule has 0 aliphatic carbocycles. The Kier molecular flexibility index (Phi) is 6.55. The molecule has 3 rings (SSSR count). The van der Waals surface area contributed by atoms with Gasteiger partial charge in [0.15, 0.2) is 0 Å². The van der Waals surface area contributed by atoms with Gasteiger partial charge >= 0.3 is 6.18 Å². The highest BCUT2D eigenvalue weighted by molar-refractivity contribution is 6.00. The lowest BCUT2D eigenvalue weighted by atomic mass is 10.0. The van der Waals surface area contributed by atoms with E-state index in [2.05, 4.69) is 0 Å². The van der Waals surface area contributed by atoms with Gasteiger partial charge in [-0.3, -0.25) is 4.79 Å². The highest BCUT2D eigenvalue weighted by Gasteiger charge is 2.39. The predicted molar refractivity (Wildman–Crippen MR) is 106 cm³/mol. The largest absolute Gasteiger partial charge is 0.431 e. The van der Waals surface area contributed by atoms with Crippen molar-refractivity contribution in [1.29, 1.82) is 0 Å². The molecule has 1 aliphatic rings. The summed E-state index contributed by atoms with van der Waals surface area (Å²) in [6.07, 6.45) is -3.37. The van der Waals surface area contributed by atoms with Crippen molar-refractivity contribution in [1.82, 2.24) is 9.47 Å². The first-order valence-corrected chi connectivity index (χ1v) is 10.0. The van der Waals surface area contributed by atoms with Crippen LogP contribution in [0.15, 0.2) is 30.3 Å². The Hall–Kier alpha value is -2.35. The van der Waals surface area contributed by atoms with Crippen molar-refractivity contribution < 1.29 is 27.1 Å². The fourth-order valence-electron chi connectivity index (χ4n) is 3.82. The average Bonchev–Trinajstić information content (AvgIpc) is 3.07. The van der Waals surface area contributed by atoms with Crippen molar-refractivity contribution in [3.05, 3.63) is 47.5 Å². The van der Waals surface area contributed by atoms with Gasteiger partial charge in [-0.1, -0.05) is 26.0 Å². The maximum absolute atomic E-state index is 13.9. The average molecular weight is 426 g/mol. The van der Waals surface area contributed by atoms with E-state index in [0.717, 1.165) is 10.6 Å². The Labute approximate surface area is 173 Å². The van der Waals surface area contributed by atoms with Crippen LogP contribution in [-0.2, 0) is 17.5 Å². The molecule has 0 atom stereocenters. The van der Waals surface area contributed by atoms with Gasteiger partial charge in [0, 0.05) is 38.4 Å². The van der Waals surface area contributed by atoms with E-state index in [4.69, 9.17) is 4.74 Å². The summed E-state index contributed by atoms with van der Waals surface area (Å²) in [7, 11) is 1.62. The summed E-state index contributed by atoms with van der Waals surface area (Å²) >= 11 is 0. The topological polar surface area (TPSA) is 34.5 Å². The highest BCUT2D eigenvalue weighted by atomic mass is 19.4.